The first kappa shape index (κ1) is 31.4. The van der Waals surface area contributed by atoms with Gasteiger partial charge in [0.2, 0.25) is 0 Å². The van der Waals surface area contributed by atoms with Crippen LogP contribution in [0.15, 0.2) is 0 Å². The third-order valence-corrected chi connectivity index (χ3v) is 9.90. The van der Waals surface area contributed by atoms with Gasteiger partial charge in [0, 0.05) is 26.6 Å². The average molecular weight is 515 g/mol. The fraction of sp³-hybridized carbons (Fsp3) is 0.952. The number of esters is 1. The third kappa shape index (κ3) is 10.5. The fourth-order valence-electron chi connectivity index (χ4n) is 3.85. The summed E-state index contributed by atoms with van der Waals surface area (Å²) >= 11 is 8.75. The molecule has 0 saturated heterocycles. The van der Waals surface area contributed by atoms with E-state index in [0.717, 1.165) is 36.8 Å². The van der Waals surface area contributed by atoms with Crippen LogP contribution >= 0.6 is 25.3 Å². The molecule has 0 amide bonds. The molecule has 0 bridgehead atoms. The maximum Gasteiger partial charge on any atom is 0.334 e. The van der Waals surface area contributed by atoms with Crippen molar-refractivity contribution in [1.29, 1.82) is 0 Å². The Morgan fingerprint density at radius 3 is 2.16 bits per heavy atom. The number of hydrogen-bond acceptors (Lipinski definition) is 8. The molecule has 0 rings (SSSR count). The Balaban J connectivity index is 6.04. The van der Waals surface area contributed by atoms with E-state index in [0.29, 0.717) is 32.7 Å². The van der Waals surface area contributed by atoms with E-state index in [2.05, 4.69) is 45.3 Å². The third-order valence-electron chi connectivity index (χ3n) is 5.60. The molecule has 6 nitrogen and oxygen atoms in total. The van der Waals surface area contributed by atoms with Gasteiger partial charge in [-0.05, 0) is 57.2 Å². The van der Waals surface area contributed by atoms with E-state index in [1.165, 1.54) is 6.92 Å². The van der Waals surface area contributed by atoms with Crippen molar-refractivity contribution in [1.82, 2.24) is 0 Å². The van der Waals surface area contributed by atoms with Crippen LogP contribution in [0.5, 0.6) is 0 Å². The second kappa shape index (κ2) is 17.0. The van der Waals surface area contributed by atoms with E-state index in [1.807, 2.05) is 13.8 Å². The van der Waals surface area contributed by atoms with E-state index >= 15 is 0 Å². The molecule has 0 aliphatic carbocycles. The van der Waals surface area contributed by atoms with Crippen LogP contribution in [0, 0.1) is 5.41 Å². The number of carbonyl (C=O) groups is 1. The first-order valence-corrected chi connectivity index (χ1v) is 17.4. The highest BCUT2D eigenvalue weighted by molar-refractivity contribution is 7.80. The molecule has 0 fully saturated rings. The van der Waals surface area contributed by atoms with Crippen LogP contribution in [0.2, 0.25) is 19.1 Å². The van der Waals surface area contributed by atoms with Crippen molar-refractivity contribution >= 4 is 49.6 Å². The Labute approximate surface area is 204 Å². The van der Waals surface area contributed by atoms with E-state index < -0.39 is 29.5 Å². The minimum absolute atomic E-state index is 0.188. The molecule has 0 aliphatic rings. The summed E-state index contributed by atoms with van der Waals surface area (Å²) < 4.78 is 31.2. The number of thiol groups is 2. The Morgan fingerprint density at radius 1 is 1.00 bits per heavy atom. The normalized spacial score (nSPS) is 17.9. The Kier molecular flexibility index (Phi) is 17.2. The molecule has 3 unspecified atom stereocenters. The zero-order valence-corrected chi connectivity index (χ0v) is 24.7. The molecule has 31 heavy (non-hydrogen) atoms. The van der Waals surface area contributed by atoms with Gasteiger partial charge in [0.15, 0.2) is 15.6 Å². The van der Waals surface area contributed by atoms with Crippen LogP contribution in [-0.4, -0.2) is 68.0 Å². The smallest absolute Gasteiger partial charge is 0.334 e. The molecule has 0 aliphatic heterocycles. The van der Waals surface area contributed by atoms with Crippen molar-refractivity contribution < 1.29 is 27.5 Å². The van der Waals surface area contributed by atoms with E-state index in [9.17, 15) is 4.79 Å². The summed E-state index contributed by atoms with van der Waals surface area (Å²) in [7, 11) is -3.23. The highest BCUT2D eigenvalue weighted by Crippen LogP contribution is 2.44. The second-order valence-corrected chi connectivity index (χ2v) is 13.0. The standard InChI is InChI=1S/C21H46O6S2Si2/c1-7-20(17-23-19(4)22,21(24-8-2,27-30-5)13-12-15-29)18-26-31(6,25-9-3)16-11-10-14-28/h28-29H,7-18,30H2,1-6H3. The fourth-order valence-corrected chi connectivity index (χ4v) is 7.69. The molecular weight excluding hydrogens is 469 g/mol. The van der Waals surface area contributed by atoms with Crippen LogP contribution in [0.3, 0.4) is 0 Å². The lowest BCUT2D eigenvalue weighted by Gasteiger charge is -2.50. The number of hydrogen-bond donors (Lipinski definition) is 2. The molecule has 0 heterocycles. The Hall–Kier alpha value is 0.444. The first-order valence-electron chi connectivity index (χ1n) is 11.6. The molecule has 0 aromatic rings. The topological polar surface area (TPSA) is 63.2 Å². The summed E-state index contributed by atoms with van der Waals surface area (Å²) in [6.07, 6.45) is 4.25. The van der Waals surface area contributed by atoms with E-state index in [-0.39, 0.29) is 12.6 Å². The van der Waals surface area contributed by atoms with Crippen LogP contribution in [0.4, 0.5) is 0 Å². The number of unbranched alkanes of at least 4 members (excludes halogenated alkanes) is 1. The lowest BCUT2D eigenvalue weighted by Crippen LogP contribution is -2.59. The molecule has 0 N–H and O–H groups in total. The minimum Gasteiger partial charge on any atom is -0.465 e. The van der Waals surface area contributed by atoms with E-state index in [1.54, 1.807) is 0 Å². The summed E-state index contributed by atoms with van der Waals surface area (Å²) in [5, 5.41) is 0. The van der Waals surface area contributed by atoms with Gasteiger partial charge in [-0.2, -0.15) is 25.3 Å². The molecular formula is C21H46O6S2Si2. The lowest BCUT2D eigenvalue weighted by molar-refractivity contribution is -0.278. The van der Waals surface area contributed by atoms with Gasteiger partial charge in [-0.3, -0.25) is 4.79 Å². The molecule has 186 valence electrons. The number of rotatable bonds is 20. The zero-order chi connectivity index (χ0) is 23.8. The van der Waals surface area contributed by atoms with Crippen LogP contribution in [0.25, 0.3) is 0 Å². The molecule has 0 aromatic heterocycles. The van der Waals surface area contributed by atoms with Gasteiger partial charge < -0.3 is 22.8 Å². The summed E-state index contributed by atoms with van der Waals surface area (Å²) in [6.45, 7) is 13.4. The second-order valence-electron chi connectivity index (χ2n) is 7.90. The quantitative estimate of drug-likeness (QED) is 0.0827. The van der Waals surface area contributed by atoms with Crippen LogP contribution in [-0.2, 0) is 27.5 Å². The van der Waals surface area contributed by atoms with Crippen molar-refractivity contribution in [3.8, 4) is 0 Å². The van der Waals surface area contributed by atoms with Gasteiger partial charge in [-0.15, -0.1) is 0 Å². The van der Waals surface area contributed by atoms with Crippen LogP contribution < -0.4 is 0 Å². The van der Waals surface area contributed by atoms with Crippen molar-refractivity contribution in [3.05, 3.63) is 0 Å². The summed E-state index contributed by atoms with van der Waals surface area (Å²) in [6, 6.07) is 0.899. The van der Waals surface area contributed by atoms with Crippen molar-refractivity contribution in [2.24, 2.45) is 5.41 Å². The Bertz CT molecular complexity index is 483. The summed E-state index contributed by atoms with van der Waals surface area (Å²) in [5.41, 5.74) is -0.629. The average Bonchev–Trinajstić information content (AvgIpc) is 2.73. The molecule has 0 spiro atoms. The largest absolute Gasteiger partial charge is 0.465 e. The van der Waals surface area contributed by atoms with Crippen molar-refractivity contribution in [3.63, 3.8) is 0 Å². The molecule has 3 atom stereocenters. The van der Waals surface area contributed by atoms with Crippen molar-refractivity contribution in [2.75, 3.05) is 37.9 Å². The first-order chi connectivity index (χ1) is 14.7. The number of ether oxygens (including phenoxy) is 2. The van der Waals surface area contributed by atoms with Crippen molar-refractivity contribution in [2.45, 2.75) is 84.7 Å². The van der Waals surface area contributed by atoms with Gasteiger partial charge in [-0.1, -0.05) is 19.9 Å². The lowest BCUT2D eigenvalue weighted by atomic mass is 9.75. The summed E-state index contributed by atoms with van der Waals surface area (Å²) in [4.78, 5) is 11.8. The zero-order valence-electron chi connectivity index (χ0n) is 20.5. The SMILES string of the molecule is CCOC(CCCS)(O[SiH2]C)C(CC)(COC(C)=O)CO[Si](C)(CCCCS)OCC. The minimum atomic E-state index is -2.41. The van der Waals surface area contributed by atoms with Gasteiger partial charge in [-0.25, -0.2) is 0 Å². The summed E-state index contributed by atoms with van der Waals surface area (Å²) in [5.74, 6) is 0.396. The number of carbonyl (C=O) groups excluding carboxylic acids is 1. The maximum absolute atomic E-state index is 11.8. The molecule has 0 aromatic carbocycles. The molecule has 0 saturated carbocycles. The monoisotopic (exact) mass is 514 g/mol. The highest BCUT2D eigenvalue weighted by atomic mass is 32.1. The predicted molar refractivity (Wildman–Crippen MR) is 139 cm³/mol. The molecule has 10 heteroatoms. The van der Waals surface area contributed by atoms with Gasteiger partial charge in [0.05, 0.1) is 12.0 Å². The van der Waals surface area contributed by atoms with E-state index in [4.69, 9.17) is 22.8 Å². The van der Waals surface area contributed by atoms with Crippen LogP contribution in [0.1, 0.15) is 59.8 Å². The predicted octanol–water partition coefficient (Wildman–Crippen LogP) is 4.37. The van der Waals surface area contributed by atoms with Gasteiger partial charge >= 0.3 is 14.5 Å². The highest BCUT2D eigenvalue weighted by Gasteiger charge is 2.54. The van der Waals surface area contributed by atoms with Gasteiger partial charge in [0.25, 0.3) is 0 Å². The Morgan fingerprint density at radius 2 is 1.68 bits per heavy atom. The van der Waals surface area contributed by atoms with Gasteiger partial charge in [0.1, 0.15) is 6.61 Å². The maximum atomic E-state index is 11.8. The molecule has 0 radical (unpaired) electrons.